The SMILES string of the molecule is COc1cc(C(=O)NCC(O)(c2cc3c(c(Cl)n2)OCC[C@]3(C)NC(=O)OC(C)(C)C)C(F)(F)F)ccc1OC[C@@H](C)O. The van der Waals surface area contributed by atoms with Crippen LogP contribution in [0.1, 0.15) is 62.7 Å². The van der Waals surface area contributed by atoms with E-state index in [1.54, 1.807) is 27.7 Å². The van der Waals surface area contributed by atoms with Crippen LogP contribution in [0.25, 0.3) is 0 Å². The van der Waals surface area contributed by atoms with Crippen molar-refractivity contribution in [2.24, 2.45) is 0 Å². The molecule has 11 nitrogen and oxygen atoms in total. The zero-order chi connectivity index (χ0) is 32.4. The molecule has 0 spiro atoms. The van der Waals surface area contributed by atoms with E-state index in [0.717, 1.165) is 6.07 Å². The van der Waals surface area contributed by atoms with Crippen molar-refractivity contribution in [2.45, 2.75) is 70.1 Å². The van der Waals surface area contributed by atoms with E-state index in [1.165, 1.54) is 32.2 Å². The number of aliphatic hydroxyl groups is 2. The van der Waals surface area contributed by atoms with E-state index >= 15 is 0 Å². The van der Waals surface area contributed by atoms with Crippen LogP contribution in [0.15, 0.2) is 24.3 Å². The fourth-order valence-electron chi connectivity index (χ4n) is 4.20. The van der Waals surface area contributed by atoms with Gasteiger partial charge < -0.3 is 39.8 Å². The number of hydrogen-bond acceptors (Lipinski definition) is 9. The van der Waals surface area contributed by atoms with Gasteiger partial charge in [-0.2, -0.15) is 13.2 Å². The number of alkyl carbamates (subject to hydrolysis) is 1. The van der Waals surface area contributed by atoms with Crippen molar-refractivity contribution in [2.75, 3.05) is 26.9 Å². The summed E-state index contributed by atoms with van der Waals surface area (Å²) in [6.45, 7) is 6.68. The molecular formula is C28H35ClF3N3O8. The molecule has 4 N–H and O–H groups in total. The lowest BCUT2D eigenvalue weighted by molar-refractivity contribution is -0.265. The Kier molecular flexibility index (Phi) is 9.98. The summed E-state index contributed by atoms with van der Waals surface area (Å²) in [4.78, 5) is 29.2. The van der Waals surface area contributed by atoms with E-state index in [0.29, 0.717) is 0 Å². The number of rotatable bonds is 9. The van der Waals surface area contributed by atoms with Crippen LogP contribution < -0.4 is 24.8 Å². The van der Waals surface area contributed by atoms with Gasteiger partial charge in [-0.05, 0) is 58.9 Å². The predicted octanol–water partition coefficient (Wildman–Crippen LogP) is 4.21. The number of nitrogens with zero attached hydrogens (tertiary/aromatic N) is 1. The molecule has 0 aliphatic carbocycles. The summed E-state index contributed by atoms with van der Waals surface area (Å²) in [5.41, 5.74) is -6.83. The number of amides is 2. The van der Waals surface area contributed by atoms with E-state index < -0.39 is 58.4 Å². The van der Waals surface area contributed by atoms with Crippen molar-refractivity contribution in [3.8, 4) is 17.2 Å². The van der Waals surface area contributed by atoms with Crippen LogP contribution in [0.4, 0.5) is 18.0 Å². The smallest absolute Gasteiger partial charge is 0.424 e. The number of hydrogen-bond donors (Lipinski definition) is 4. The molecule has 2 amide bonds. The van der Waals surface area contributed by atoms with Crippen LogP contribution in [0.5, 0.6) is 17.2 Å². The predicted molar refractivity (Wildman–Crippen MR) is 149 cm³/mol. The Bertz CT molecular complexity index is 1350. The lowest BCUT2D eigenvalue weighted by atomic mass is 9.84. The number of halogens is 4. The van der Waals surface area contributed by atoms with Crippen molar-refractivity contribution < 1.29 is 51.9 Å². The van der Waals surface area contributed by atoms with Crippen molar-refractivity contribution in [1.29, 1.82) is 0 Å². The van der Waals surface area contributed by atoms with Crippen LogP contribution in [-0.2, 0) is 15.9 Å². The molecule has 3 rings (SSSR count). The normalized spacial score (nSPS) is 18.8. The molecule has 0 bridgehead atoms. The van der Waals surface area contributed by atoms with Gasteiger partial charge in [0.25, 0.3) is 5.91 Å². The molecule has 15 heteroatoms. The summed E-state index contributed by atoms with van der Waals surface area (Å²) in [6.07, 6.45) is -6.80. The highest BCUT2D eigenvalue weighted by Crippen LogP contribution is 2.45. The van der Waals surface area contributed by atoms with Gasteiger partial charge in [0, 0.05) is 17.5 Å². The summed E-state index contributed by atoms with van der Waals surface area (Å²) < 4.78 is 64.8. The number of aliphatic hydroxyl groups excluding tert-OH is 1. The van der Waals surface area contributed by atoms with E-state index in [9.17, 15) is 33.0 Å². The quantitative estimate of drug-likeness (QED) is 0.298. The Hall–Kier alpha value is -3.49. The van der Waals surface area contributed by atoms with Gasteiger partial charge in [-0.25, -0.2) is 9.78 Å². The molecular weight excluding hydrogens is 599 g/mol. The first-order chi connectivity index (χ1) is 19.8. The molecule has 2 heterocycles. The van der Waals surface area contributed by atoms with Crippen molar-refractivity contribution in [3.63, 3.8) is 0 Å². The molecule has 0 saturated carbocycles. The Balaban J connectivity index is 1.94. The average Bonchev–Trinajstić information content (AvgIpc) is 2.88. The van der Waals surface area contributed by atoms with Gasteiger partial charge >= 0.3 is 12.3 Å². The van der Waals surface area contributed by atoms with Gasteiger partial charge in [0.2, 0.25) is 5.60 Å². The Morgan fingerprint density at radius 2 is 1.88 bits per heavy atom. The third-order valence-corrected chi connectivity index (χ3v) is 6.71. The number of alkyl halides is 3. The van der Waals surface area contributed by atoms with Crippen LogP contribution in [0.2, 0.25) is 5.15 Å². The Labute approximate surface area is 251 Å². The van der Waals surface area contributed by atoms with E-state index in [4.69, 9.17) is 30.5 Å². The number of carbonyl (C=O) groups excluding carboxylic acids is 2. The minimum absolute atomic E-state index is 0.0335. The maximum atomic E-state index is 14.5. The van der Waals surface area contributed by atoms with Gasteiger partial charge in [0.05, 0.1) is 37.6 Å². The molecule has 0 radical (unpaired) electrons. The molecule has 3 atom stereocenters. The second-order valence-corrected chi connectivity index (χ2v) is 11.7. The first-order valence-corrected chi connectivity index (χ1v) is 13.6. The molecule has 1 unspecified atom stereocenters. The highest BCUT2D eigenvalue weighted by atomic mass is 35.5. The fourth-order valence-corrected chi connectivity index (χ4v) is 4.44. The summed E-state index contributed by atoms with van der Waals surface area (Å²) in [7, 11) is 1.30. The second kappa shape index (κ2) is 12.6. The number of pyridine rings is 1. The summed E-state index contributed by atoms with van der Waals surface area (Å²) in [5, 5.41) is 24.7. The standard InChI is InChI=1S/C28H35ClF3N3O8/c1-15(36)13-42-18-8-7-16(11-19(18)40-6)23(37)33-14-27(39,28(30,31)32)20-12-17-21(22(29)34-20)41-10-9-26(17,5)35-24(38)43-25(2,3)4/h7-8,11-12,15,36,39H,9-10,13-14H2,1-6H3,(H,33,37)(H,35,38)/t15-,26+,27?/m1/s1. The Morgan fingerprint density at radius 3 is 2.47 bits per heavy atom. The number of ether oxygens (including phenoxy) is 4. The minimum atomic E-state index is -5.33. The lowest BCUT2D eigenvalue weighted by Gasteiger charge is -2.38. The number of nitrogens with one attached hydrogen (secondary N) is 2. The molecule has 238 valence electrons. The van der Waals surface area contributed by atoms with Crippen LogP contribution >= 0.6 is 11.6 Å². The van der Waals surface area contributed by atoms with Gasteiger partial charge in [-0.1, -0.05) is 11.6 Å². The van der Waals surface area contributed by atoms with Crippen molar-refractivity contribution in [3.05, 3.63) is 46.2 Å². The van der Waals surface area contributed by atoms with Crippen LogP contribution in [0.3, 0.4) is 0 Å². The highest BCUT2D eigenvalue weighted by Gasteiger charge is 2.57. The minimum Gasteiger partial charge on any atom is -0.493 e. The topological polar surface area (TPSA) is 148 Å². The molecule has 1 aliphatic rings. The largest absolute Gasteiger partial charge is 0.493 e. The molecule has 0 saturated heterocycles. The monoisotopic (exact) mass is 633 g/mol. The van der Waals surface area contributed by atoms with Gasteiger partial charge in [-0.15, -0.1) is 0 Å². The van der Waals surface area contributed by atoms with Crippen LogP contribution in [-0.4, -0.2) is 71.9 Å². The van der Waals surface area contributed by atoms with Crippen molar-refractivity contribution in [1.82, 2.24) is 15.6 Å². The van der Waals surface area contributed by atoms with E-state index in [-0.39, 0.29) is 48.0 Å². The summed E-state index contributed by atoms with van der Waals surface area (Å²) in [5.74, 6) is -0.732. The van der Waals surface area contributed by atoms with Crippen molar-refractivity contribution >= 4 is 23.6 Å². The zero-order valence-electron chi connectivity index (χ0n) is 24.5. The summed E-state index contributed by atoms with van der Waals surface area (Å²) >= 11 is 6.24. The van der Waals surface area contributed by atoms with Gasteiger partial charge in [0.1, 0.15) is 12.2 Å². The fraction of sp³-hybridized carbons (Fsp3) is 0.536. The first kappa shape index (κ1) is 34.0. The number of fused-ring (bicyclic) bond motifs is 1. The zero-order valence-corrected chi connectivity index (χ0v) is 25.3. The first-order valence-electron chi connectivity index (χ1n) is 13.2. The third kappa shape index (κ3) is 7.92. The lowest BCUT2D eigenvalue weighted by Crippen LogP contribution is -2.52. The number of methoxy groups -OCH3 is 1. The summed E-state index contributed by atoms with van der Waals surface area (Å²) in [6, 6.07) is 4.81. The van der Waals surface area contributed by atoms with Gasteiger partial charge in [0.15, 0.2) is 22.4 Å². The number of aromatic nitrogens is 1. The second-order valence-electron chi connectivity index (χ2n) is 11.3. The number of carbonyl (C=O) groups is 2. The maximum absolute atomic E-state index is 14.5. The van der Waals surface area contributed by atoms with Gasteiger partial charge in [-0.3, -0.25) is 4.79 Å². The molecule has 1 aromatic carbocycles. The Morgan fingerprint density at radius 1 is 1.21 bits per heavy atom. The molecule has 43 heavy (non-hydrogen) atoms. The number of benzene rings is 1. The molecule has 1 aromatic heterocycles. The van der Waals surface area contributed by atoms with E-state index in [2.05, 4.69) is 15.6 Å². The average molecular weight is 634 g/mol. The maximum Gasteiger partial charge on any atom is 0.424 e. The van der Waals surface area contributed by atoms with Crippen LogP contribution in [0, 0.1) is 0 Å². The molecule has 0 fully saturated rings. The molecule has 2 aromatic rings. The molecule has 1 aliphatic heterocycles. The highest BCUT2D eigenvalue weighted by molar-refractivity contribution is 6.31. The third-order valence-electron chi connectivity index (χ3n) is 6.45. The van der Waals surface area contributed by atoms with E-state index in [1.807, 2.05) is 0 Å².